The van der Waals surface area contributed by atoms with Crippen LogP contribution in [0.5, 0.6) is 0 Å². The SMILES string of the molecule is CC1CN(C2CCCC2)c2nc(Nc3ccc4[nH]ncc4c3)ncc21. The third kappa shape index (κ3) is 2.52. The van der Waals surface area contributed by atoms with Crippen molar-refractivity contribution < 1.29 is 0 Å². The zero-order chi connectivity index (χ0) is 16.8. The fraction of sp³-hybridized carbons (Fsp3) is 0.421. The number of aromatic nitrogens is 4. The lowest BCUT2D eigenvalue weighted by Crippen LogP contribution is -2.32. The Morgan fingerprint density at radius 2 is 2.08 bits per heavy atom. The monoisotopic (exact) mass is 334 g/mol. The van der Waals surface area contributed by atoms with Crippen molar-refractivity contribution in [2.75, 3.05) is 16.8 Å². The first kappa shape index (κ1) is 14.7. The fourth-order valence-corrected chi connectivity index (χ4v) is 4.19. The van der Waals surface area contributed by atoms with Gasteiger partial charge in [-0.05, 0) is 31.0 Å². The van der Waals surface area contributed by atoms with Crippen LogP contribution in [0.25, 0.3) is 10.9 Å². The van der Waals surface area contributed by atoms with E-state index in [0.29, 0.717) is 17.9 Å². The van der Waals surface area contributed by atoms with Crippen molar-refractivity contribution in [1.82, 2.24) is 20.2 Å². The van der Waals surface area contributed by atoms with E-state index in [9.17, 15) is 0 Å². The first-order chi connectivity index (χ1) is 12.3. The summed E-state index contributed by atoms with van der Waals surface area (Å²) in [6.07, 6.45) is 9.08. The van der Waals surface area contributed by atoms with Crippen LogP contribution in [0, 0.1) is 0 Å². The summed E-state index contributed by atoms with van der Waals surface area (Å²) in [6, 6.07) is 6.75. The van der Waals surface area contributed by atoms with Crippen LogP contribution < -0.4 is 10.2 Å². The van der Waals surface area contributed by atoms with Gasteiger partial charge in [-0.25, -0.2) is 4.98 Å². The van der Waals surface area contributed by atoms with Gasteiger partial charge in [-0.15, -0.1) is 0 Å². The maximum atomic E-state index is 4.87. The summed E-state index contributed by atoms with van der Waals surface area (Å²) < 4.78 is 0. The molecule has 0 amide bonds. The second-order valence-corrected chi connectivity index (χ2v) is 7.26. The Balaban J connectivity index is 1.45. The van der Waals surface area contributed by atoms with Crippen molar-refractivity contribution in [2.45, 2.75) is 44.6 Å². The fourth-order valence-electron chi connectivity index (χ4n) is 4.19. The van der Waals surface area contributed by atoms with Gasteiger partial charge >= 0.3 is 0 Å². The molecule has 128 valence electrons. The van der Waals surface area contributed by atoms with E-state index in [1.165, 1.54) is 31.2 Å². The van der Waals surface area contributed by atoms with Crippen molar-refractivity contribution >= 4 is 28.4 Å². The van der Waals surface area contributed by atoms with E-state index in [2.05, 4.69) is 38.4 Å². The molecule has 1 aromatic carbocycles. The van der Waals surface area contributed by atoms with Crippen LogP contribution >= 0.6 is 0 Å². The smallest absolute Gasteiger partial charge is 0.229 e. The van der Waals surface area contributed by atoms with Crippen molar-refractivity contribution in [1.29, 1.82) is 0 Å². The van der Waals surface area contributed by atoms with E-state index in [0.717, 1.165) is 29.0 Å². The Labute approximate surface area is 146 Å². The lowest BCUT2D eigenvalue weighted by Gasteiger charge is -2.26. The molecule has 6 nitrogen and oxygen atoms in total. The minimum atomic E-state index is 0.506. The second kappa shape index (κ2) is 5.72. The minimum absolute atomic E-state index is 0.506. The van der Waals surface area contributed by atoms with Crippen molar-refractivity contribution in [3.05, 3.63) is 36.2 Å². The van der Waals surface area contributed by atoms with Crippen LogP contribution in [0.2, 0.25) is 0 Å². The molecule has 1 fully saturated rings. The largest absolute Gasteiger partial charge is 0.353 e. The molecule has 1 saturated carbocycles. The number of fused-ring (bicyclic) bond motifs is 2. The summed E-state index contributed by atoms with van der Waals surface area (Å²) in [7, 11) is 0. The first-order valence-electron chi connectivity index (χ1n) is 9.12. The molecule has 2 aliphatic rings. The van der Waals surface area contributed by atoms with Gasteiger partial charge < -0.3 is 10.2 Å². The van der Waals surface area contributed by atoms with Crippen LogP contribution in [0.15, 0.2) is 30.6 Å². The third-order valence-electron chi connectivity index (χ3n) is 5.53. The Bertz CT molecular complexity index is 911. The van der Waals surface area contributed by atoms with Gasteiger partial charge in [0.1, 0.15) is 5.82 Å². The predicted molar refractivity (Wildman–Crippen MR) is 99.4 cm³/mol. The van der Waals surface area contributed by atoms with Gasteiger partial charge in [0.05, 0.1) is 11.7 Å². The van der Waals surface area contributed by atoms with E-state index in [1.807, 2.05) is 24.5 Å². The van der Waals surface area contributed by atoms with Gasteiger partial charge in [0.15, 0.2) is 0 Å². The standard InChI is InChI=1S/C19H22N6/c1-12-11-25(15-4-2-3-5-15)18-16(12)10-20-19(23-18)22-14-6-7-17-13(8-14)9-21-24-17/h6-10,12,15H,2-5,11H2,1H3,(H,21,24)(H,20,22,23). The Kier molecular flexibility index (Phi) is 3.36. The number of rotatable bonds is 3. The maximum absolute atomic E-state index is 4.87. The molecular formula is C19H22N6. The van der Waals surface area contributed by atoms with E-state index in [1.54, 1.807) is 0 Å². The van der Waals surface area contributed by atoms with Gasteiger partial charge in [-0.3, -0.25) is 5.10 Å². The predicted octanol–water partition coefficient (Wildman–Crippen LogP) is 3.96. The van der Waals surface area contributed by atoms with Gasteiger partial charge in [0, 0.05) is 41.3 Å². The highest BCUT2D eigenvalue weighted by molar-refractivity contribution is 5.82. The second-order valence-electron chi connectivity index (χ2n) is 7.26. The Morgan fingerprint density at radius 3 is 2.96 bits per heavy atom. The average molecular weight is 334 g/mol. The number of benzene rings is 1. The number of anilines is 3. The summed E-state index contributed by atoms with van der Waals surface area (Å²) in [5.41, 5.74) is 3.29. The Hall–Kier alpha value is -2.63. The van der Waals surface area contributed by atoms with Gasteiger partial charge in [0.25, 0.3) is 0 Å². The van der Waals surface area contributed by atoms with Crippen LogP contribution in [0.1, 0.15) is 44.1 Å². The van der Waals surface area contributed by atoms with Crippen LogP contribution in [-0.4, -0.2) is 32.8 Å². The lowest BCUT2D eigenvalue weighted by atomic mass is 10.1. The van der Waals surface area contributed by atoms with Gasteiger partial charge in [-0.2, -0.15) is 10.1 Å². The zero-order valence-corrected chi connectivity index (χ0v) is 14.4. The molecule has 0 saturated heterocycles. The highest BCUT2D eigenvalue weighted by Gasteiger charge is 2.33. The summed E-state index contributed by atoms with van der Waals surface area (Å²) >= 11 is 0. The molecule has 6 heteroatoms. The van der Waals surface area contributed by atoms with Crippen LogP contribution in [0.4, 0.5) is 17.5 Å². The third-order valence-corrected chi connectivity index (χ3v) is 5.53. The van der Waals surface area contributed by atoms with E-state index < -0.39 is 0 Å². The summed E-state index contributed by atoms with van der Waals surface area (Å²) in [4.78, 5) is 11.9. The maximum Gasteiger partial charge on any atom is 0.229 e. The van der Waals surface area contributed by atoms with Crippen LogP contribution in [-0.2, 0) is 0 Å². The molecule has 2 aromatic heterocycles. The summed E-state index contributed by atoms with van der Waals surface area (Å²) in [5, 5.41) is 11.5. The molecule has 0 bridgehead atoms. The molecule has 3 heterocycles. The van der Waals surface area contributed by atoms with Gasteiger partial charge in [0.2, 0.25) is 5.95 Å². The summed E-state index contributed by atoms with van der Waals surface area (Å²) in [5.74, 6) is 2.30. The topological polar surface area (TPSA) is 69.7 Å². The molecule has 1 atom stereocenters. The minimum Gasteiger partial charge on any atom is -0.353 e. The average Bonchev–Trinajstić information content (AvgIpc) is 3.34. The number of nitrogens with one attached hydrogen (secondary N) is 2. The van der Waals surface area contributed by atoms with E-state index in [-0.39, 0.29) is 0 Å². The molecule has 1 unspecified atom stereocenters. The molecule has 5 rings (SSSR count). The molecule has 25 heavy (non-hydrogen) atoms. The number of nitrogens with zero attached hydrogens (tertiary/aromatic N) is 4. The molecule has 0 spiro atoms. The van der Waals surface area contributed by atoms with Crippen LogP contribution in [0.3, 0.4) is 0 Å². The number of hydrogen-bond donors (Lipinski definition) is 2. The highest BCUT2D eigenvalue weighted by atomic mass is 15.3. The molecule has 3 aromatic rings. The number of aromatic amines is 1. The van der Waals surface area contributed by atoms with Crippen molar-refractivity contribution in [3.8, 4) is 0 Å². The molecule has 1 aliphatic heterocycles. The van der Waals surface area contributed by atoms with Gasteiger partial charge in [-0.1, -0.05) is 19.8 Å². The molecule has 2 N–H and O–H groups in total. The normalized spacial score (nSPS) is 20.4. The molecule has 1 aliphatic carbocycles. The number of hydrogen-bond acceptors (Lipinski definition) is 5. The number of H-pyrrole nitrogens is 1. The van der Waals surface area contributed by atoms with Crippen molar-refractivity contribution in [3.63, 3.8) is 0 Å². The van der Waals surface area contributed by atoms with E-state index >= 15 is 0 Å². The Morgan fingerprint density at radius 1 is 1.20 bits per heavy atom. The zero-order valence-electron chi connectivity index (χ0n) is 14.4. The summed E-state index contributed by atoms with van der Waals surface area (Å²) in [6.45, 7) is 3.34. The quantitative estimate of drug-likeness (QED) is 0.758. The molecule has 0 radical (unpaired) electrons. The van der Waals surface area contributed by atoms with Crippen molar-refractivity contribution in [2.24, 2.45) is 0 Å². The highest BCUT2D eigenvalue weighted by Crippen LogP contribution is 2.39. The lowest BCUT2D eigenvalue weighted by molar-refractivity contribution is 0.600. The first-order valence-corrected chi connectivity index (χ1v) is 9.12. The molecular weight excluding hydrogens is 312 g/mol. The van der Waals surface area contributed by atoms with E-state index in [4.69, 9.17) is 4.98 Å².